The molecule has 124 valence electrons. The predicted octanol–water partition coefficient (Wildman–Crippen LogP) is 0.846. The minimum absolute atomic E-state index is 0.196. The van der Waals surface area contributed by atoms with Crippen LogP contribution in [0.4, 0.5) is 5.69 Å². The molecular formula is C14H11N3O6S. The van der Waals surface area contributed by atoms with E-state index in [-0.39, 0.29) is 21.7 Å². The first kappa shape index (κ1) is 15.8. The second-order valence-electron chi connectivity index (χ2n) is 5.00. The number of carboxylic acid groups (broad SMARTS) is 1. The zero-order valence-corrected chi connectivity index (χ0v) is 12.7. The number of aromatic amines is 1. The summed E-state index contributed by atoms with van der Waals surface area (Å²) in [6.07, 6.45) is 0. The second kappa shape index (κ2) is 5.22. The number of carbonyl (C=O) groups is 1. The number of H-pyrrole nitrogens is 1. The highest BCUT2D eigenvalue weighted by Crippen LogP contribution is 2.29. The van der Waals surface area contributed by atoms with E-state index in [9.17, 15) is 22.6 Å². The van der Waals surface area contributed by atoms with E-state index in [4.69, 9.17) is 10.8 Å². The average molecular weight is 349 g/mol. The monoisotopic (exact) mass is 349 g/mol. The van der Waals surface area contributed by atoms with E-state index >= 15 is 0 Å². The van der Waals surface area contributed by atoms with E-state index < -0.39 is 21.6 Å². The van der Waals surface area contributed by atoms with Gasteiger partial charge in [-0.2, -0.15) is 8.42 Å². The summed E-state index contributed by atoms with van der Waals surface area (Å²) in [6.45, 7) is 0. The Kier molecular flexibility index (Phi) is 3.43. The van der Waals surface area contributed by atoms with E-state index in [0.29, 0.717) is 11.1 Å². The Morgan fingerprint density at radius 1 is 1.12 bits per heavy atom. The van der Waals surface area contributed by atoms with Gasteiger partial charge in [0.2, 0.25) is 0 Å². The molecule has 0 aliphatic carbocycles. The van der Waals surface area contributed by atoms with Crippen molar-refractivity contribution in [2.75, 3.05) is 5.73 Å². The largest absolute Gasteiger partial charge is 0.477 e. The van der Waals surface area contributed by atoms with Gasteiger partial charge in [0, 0.05) is 22.5 Å². The predicted molar refractivity (Wildman–Crippen MR) is 85.1 cm³/mol. The van der Waals surface area contributed by atoms with Crippen molar-refractivity contribution in [1.82, 2.24) is 9.78 Å². The topological polar surface area (TPSA) is 155 Å². The first-order valence-corrected chi connectivity index (χ1v) is 7.98. The number of nitrogens with two attached hydrogens (primary N) is 1. The van der Waals surface area contributed by atoms with Crippen molar-refractivity contribution in [3.63, 3.8) is 0 Å². The molecule has 0 spiro atoms. The summed E-state index contributed by atoms with van der Waals surface area (Å²) in [6, 6.07) is 7.57. The van der Waals surface area contributed by atoms with Gasteiger partial charge in [0.15, 0.2) is 0 Å². The van der Waals surface area contributed by atoms with Crippen LogP contribution in [0.3, 0.4) is 0 Å². The number of carboxylic acids is 1. The molecule has 10 heteroatoms. The Hall–Kier alpha value is -3.11. The van der Waals surface area contributed by atoms with Gasteiger partial charge in [-0.3, -0.25) is 14.4 Å². The molecule has 5 N–H and O–H groups in total. The van der Waals surface area contributed by atoms with Gasteiger partial charge in [0.25, 0.3) is 15.7 Å². The van der Waals surface area contributed by atoms with E-state index in [0.717, 1.165) is 16.8 Å². The third-order valence-corrected chi connectivity index (χ3v) is 4.34. The van der Waals surface area contributed by atoms with Crippen LogP contribution in [0.2, 0.25) is 0 Å². The molecule has 0 fully saturated rings. The van der Waals surface area contributed by atoms with E-state index in [1.54, 1.807) is 0 Å². The lowest BCUT2D eigenvalue weighted by Crippen LogP contribution is -2.14. The number of benzene rings is 2. The fourth-order valence-corrected chi connectivity index (χ4v) is 2.88. The first-order valence-electron chi connectivity index (χ1n) is 6.54. The molecule has 0 saturated heterocycles. The van der Waals surface area contributed by atoms with Crippen LogP contribution in [0.5, 0.6) is 0 Å². The summed E-state index contributed by atoms with van der Waals surface area (Å²) >= 11 is 0. The zero-order chi connectivity index (χ0) is 17.6. The number of nitrogen functional groups attached to an aromatic ring is 1. The van der Waals surface area contributed by atoms with Crippen molar-refractivity contribution in [3.8, 4) is 5.69 Å². The number of anilines is 1. The summed E-state index contributed by atoms with van der Waals surface area (Å²) in [7, 11) is -4.46. The van der Waals surface area contributed by atoms with Crippen LogP contribution >= 0.6 is 0 Å². The van der Waals surface area contributed by atoms with Crippen molar-refractivity contribution in [1.29, 1.82) is 0 Å². The van der Waals surface area contributed by atoms with Gasteiger partial charge < -0.3 is 10.8 Å². The third kappa shape index (κ3) is 2.53. The van der Waals surface area contributed by atoms with Gasteiger partial charge in [-0.25, -0.2) is 9.48 Å². The molecule has 3 rings (SSSR count). The molecule has 0 aliphatic rings. The highest BCUT2D eigenvalue weighted by Gasteiger charge is 2.16. The van der Waals surface area contributed by atoms with Crippen LogP contribution in [0.1, 0.15) is 10.5 Å². The van der Waals surface area contributed by atoms with Crippen molar-refractivity contribution in [2.45, 2.75) is 4.90 Å². The SMILES string of the molecule is Nc1ccc(-n2[nH]c(C(=O)O)cc2=O)c2cc(S(=O)(=O)O)ccc12. The molecule has 0 unspecified atom stereocenters. The minimum Gasteiger partial charge on any atom is -0.477 e. The number of hydrogen-bond acceptors (Lipinski definition) is 5. The number of hydrogen-bond donors (Lipinski definition) is 4. The Morgan fingerprint density at radius 3 is 2.42 bits per heavy atom. The van der Waals surface area contributed by atoms with Gasteiger partial charge in [-0.05, 0) is 24.3 Å². The number of fused-ring (bicyclic) bond motifs is 1. The van der Waals surface area contributed by atoms with Crippen LogP contribution in [0.25, 0.3) is 16.5 Å². The molecule has 3 aromatic rings. The van der Waals surface area contributed by atoms with E-state index in [1.807, 2.05) is 0 Å². The van der Waals surface area contributed by atoms with Crippen LogP contribution in [-0.2, 0) is 10.1 Å². The standard InChI is InChI=1S/C14H11N3O6S/c15-10-3-4-12(17-13(18)6-11(16-17)14(19)20)9-5-7(24(21,22)23)1-2-8(9)10/h1-6,16H,15H2,(H,19,20)(H,21,22,23). The summed E-state index contributed by atoms with van der Waals surface area (Å²) in [5.41, 5.74) is 5.41. The Labute approximate surface area is 134 Å². The molecule has 0 saturated carbocycles. The molecule has 1 aromatic heterocycles. The molecule has 0 amide bonds. The molecule has 9 nitrogen and oxygen atoms in total. The Morgan fingerprint density at radius 2 is 1.83 bits per heavy atom. The average Bonchev–Trinajstić information content (AvgIpc) is 2.88. The molecule has 24 heavy (non-hydrogen) atoms. The van der Waals surface area contributed by atoms with Gasteiger partial charge in [-0.15, -0.1) is 0 Å². The smallest absolute Gasteiger partial charge is 0.353 e. The van der Waals surface area contributed by atoms with Crippen molar-refractivity contribution in [2.24, 2.45) is 0 Å². The maximum atomic E-state index is 12.0. The van der Waals surface area contributed by atoms with Crippen LogP contribution in [0, 0.1) is 0 Å². The van der Waals surface area contributed by atoms with Gasteiger partial charge in [-0.1, -0.05) is 6.07 Å². The van der Waals surface area contributed by atoms with Crippen molar-refractivity contribution in [3.05, 3.63) is 52.4 Å². The molecule has 2 aromatic carbocycles. The molecule has 1 heterocycles. The zero-order valence-electron chi connectivity index (χ0n) is 11.9. The quantitative estimate of drug-likeness (QED) is 0.403. The number of aromatic carboxylic acids is 1. The number of nitrogens with zero attached hydrogens (tertiary/aromatic N) is 1. The van der Waals surface area contributed by atoms with Gasteiger partial charge in [0.05, 0.1) is 10.6 Å². The third-order valence-electron chi connectivity index (χ3n) is 3.49. The van der Waals surface area contributed by atoms with E-state index in [2.05, 4.69) is 5.10 Å². The van der Waals surface area contributed by atoms with Crippen molar-refractivity contribution < 1.29 is 22.9 Å². The highest BCUT2D eigenvalue weighted by atomic mass is 32.2. The summed E-state index contributed by atoms with van der Waals surface area (Å²) in [5, 5.41) is 12.1. The fraction of sp³-hybridized carbons (Fsp3) is 0. The van der Waals surface area contributed by atoms with E-state index in [1.165, 1.54) is 24.3 Å². The Balaban J connectivity index is 2.38. The lowest BCUT2D eigenvalue weighted by molar-refractivity contribution is 0.0690. The number of nitrogens with one attached hydrogen (secondary N) is 1. The molecule has 0 atom stereocenters. The second-order valence-corrected chi connectivity index (χ2v) is 6.43. The maximum absolute atomic E-state index is 12.0. The molecular weight excluding hydrogens is 338 g/mol. The summed E-state index contributed by atoms with van der Waals surface area (Å²) in [4.78, 5) is 22.6. The fourth-order valence-electron chi connectivity index (χ4n) is 2.38. The van der Waals surface area contributed by atoms with Gasteiger partial charge in [0.1, 0.15) is 5.69 Å². The first-order chi connectivity index (χ1) is 11.2. The minimum atomic E-state index is -4.46. The summed E-state index contributed by atoms with van der Waals surface area (Å²) in [5.74, 6) is -1.32. The van der Waals surface area contributed by atoms with Crippen LogP contribution in [-0.4, -0.2) is 33.8 Å². The van der Waals surface area contributed by atoms with Crippen LogP contribution < -0.4 is 11.3 Å². The highest BCUT2D eigenvalue weighted by molar-refractivity contribution is 7.85. The molecule has 0 bridgehead atoms. The van der Waals surface area contributed by atoms with Gasteiger partial charge >= 0.3 is 5.97 Å². The van der Waals surface area contributed by atoms with Crippen molar-refractivity contribution >= 4 is 32.5 Å². The lowest BCUT2D eigenvalue weighted by atomic mass is 10.1. The number of aromatic nitrogens is 2. The maximum Gasteiger partial charge on any atom is 0.353 e. The molecule has 0 aliphatic heterocycles. The lowest BCUT2D eigenvalue weighted by Gasteiger charge is -2.10. The summed E-state index contributed by atoms with van der Waals surface area (Å²) < 4.78 is 32.8. The Bertz CT molecular complexity index is 1140. The normalized spacial score (nSPS) is 11.7. The number of rotatable bonds is 3. The molecule has 0 radical (unpaired) electrons. The van der Waals surface area contributed by atoms with Crippen LogP contribution in [0.15, 0.2) is 46.1 Å².